The van der Waals surface area contributed by atoms with E-state index in [2.05, 4.69) is 10.2 Å². The quantitative estimate of drug-likeness (QED) is 0.872. The smallest absolute Gasteiger partial charge is 0.314 e. The van der Waals surface area contributed by atoms with E-state index in [9.17, 15) is 4.79 Å². The van der Waals surface area contributed by atoms with E-state index in [4.69, 9.17) is 10.2 Å². The second-order valence-electron chi connectivity index (χ2n) is 6.18. The van der Waals surface area contributed by atoms with Crippen molar-refractivity contribution in [3.63, 3.8) is 0 Å². The van der Waals surface area contributed by atoms with E-state index in [0.29, 0.717) is 18.4 Å². The van der Waals surface area contributed by atoms with Crippen molar-refractivity contribution >= 4 is 6.03 Å². The van der Waals surface area contributed by atoms with Gasteiger partial charge in [0.05, 0.1) is 5.41 Å². The van der Waals surface area contributed by atoms with Crippen LogP contribution in [0.3, 0.4) is 0 Å². The number of aromatic nitrogens is 2. The summed E-state index contributed by atoms with van der Waals surface area (Å²) < 4.78 is 5.92. The molecule has 1 aromatic heterocycles. The number of hydrogen-bond acceptors (Lipinski definition) is 4. The van der Waals surface area contributed by atoms with Gasteiger partial charge >= 0.3 is 6.03 Å². The number of amides is 2. The van der Waals surface area contributed by atoms with Crippen molar-refractivity contribution in [2.45, 2.75) is 43.4 Å². The summed E-state index contributed by atoms with van der Waals surface area (Å²) in [6.45, 7) is 1.37. The van der Waals surface area contributed by atoms with E-state index in [1.54, 1.807) is 4.90 Å². The van der Waals surface area contributed by atoms with Gasteiger partial charge in [0.25, 0.3) is 0 Å². The molecule has 19 heavy (non-hydrogen) atoms. The van der Waals surface area contributed by atoms with E-state index in [1.807, 2.05) is 0 Å². The molecule has 0 radical (unpaired) electrons. The van der Waals surface area contributed by atoms with Crippen LogP contribution in [0.4, 0.5) is 4.79 Å². The predicted octanol–water partition coefficient (Wildman–Crippen LogP) is 1.38. The van der Waals surface area contributed by atoms with Gasteiger partial charge in [0, 0.05) is 19.0 Å². The molecule has 2 amide bonds. The molecule has 3 fully saturated rings. The van der Waals surface area contributed by atoms with Crippen molar-refractivity contribution < 1.29 is 9.21 Å². The minimum atomic E-state index is -0.337. The lowest BCUT2D eigenvalue weighted by molar-refractivity contribution is 0.211. The van der Waals surface area contributed by atoms with E-state index < -0.39 is 0 Å². The van der Waals surface area contributed by atoms with Crippen molar-refractivity contribution in [2.24, 2.45) is 11.7 Å². The average molecular weight is 262 g/mol. The standard InChI is InChI=1S/C13H18N4O2/c14-12(18)17-6-9-2-1-5-13(9,7-17)11-16-15-10(19-11)8-3-4-8/h8-9H,1-7H2,(H2,14,18)/t9-,13-/m0/s1. The van der Waals surface area contributed by atoms with Crippen LogP contribution in [-0.4, -0.2) is 34.2 Å². The van der Waals surface area contributed by atoms with Crippen LogP contribution in [0.15, 0.2) is 4.42 Å². The molecular weight excluding hydrogens is 244 g/mol. The summed E-state index contributed by atoms with van der Waals surface area (Å²) >= 11 is 0. The molecule has 2 aliphatic carbocycles. The molecule has 2 N–H and O–H groups in total. The van der Waals surface area contributed by atoms with Gasteiger partial charge < -0.3 is 15.1 Å². The number of fused-ring (bicyclic) bond motifs is 1. The summed E-state index contributed by atoms with van der Waals surface area (Å²) in [6, 6.07) is -0.337. The van der Waals surface area contributed by atoms with Gasteiger partial charge in [-0.2, -0.15) is 0 Å². The lowest BCUT2D eigenvalue weighted by atomic mass is 9.80. The fourth-order valence-corrected chi connectivity index (χ4v) is 3.74. The molecule has 1 saturated heterocycles. The summed E-state index contributed by atoms with van der Waals surface area (Å²) in [7, 11) is 0. The molecule has 0 unspecified atom stereocenters. The van der Waals surface area contributed by atoms with Gasteiger partial charge in [-0.1, -0.05) is 6.42 Å². The van der Waals surface area contributed by atoms with Crippen LogP contribution >= 0.6 is 0 Å². The van der Waals surface area contributed by atoms with Gasteiger partial charge in [-0.3, -0.25) is 0 Å². The molecule has 1 aromatic rings. The first-order chi connectivity index (χ1) is 9.19. The Bertz CT molecular complexity index is 524. The van der Waals surface area contributed by atoms with Crippen molar-refractivity contribution in [3.05, 3.63) is 11.8 Å². The number of likely N-dealkylation sites (tertiary alicyclic amines) is 1. The number of carbonyl (C=O) groups excluding carboxylic acids is 1. The number of primary amides is 1. The van der Waals surface area contributed by atoms with Gasteiger partial charge in [0.1, 0.15) is 0 Å². The van der Waals surface area contributed by atoms with Gasteiger partial charge in [0.15, 0.2) is 0 Å². The van der Waals surface area contributed by atoms with Gasteiger partial charge in [-0.25, -0.2) is 4.79 Å². The van der Waals surface area contributed by atoms with Crippen LogP contribution in [0.2, 0.25) is 0 Å². The molecular formula is C13H18N4O2. The summed E-state index contributed by atoms with van der Waals surface area (Å²) in [5, 5.41) is 8.49. The van der Waals surface area contributed by atoms with Crippen LogP contribution in [0.25, 0.3) is 0 Å². The highest BCUT2D eigenvalue weighted by Crippen LogP contribution is 2.50. The molecule has 102 valence electrons. The molecule has 6 nitrogen and oxygen atoms in total. The summed E-state index contributed by atoms with van der Waals surface area (Å²) in [5.74, 6) is 2.42. The topological polar surface area (TPSA) is 85.3 Å². The number of nitrogens with two attached hydrogens (primary N) is 1. The first-order valence-electron chi connectivity index (χ1n) is 7.07. The molecule has 0 aromatic carbocycles. The normalized spacial score (nSPS) is 33.7. The van der Waals surface area contributed by atoms with E-state index in [1.165, 1.54) is 6.42 Å². The first-order valence-corrected chi connectivity index (χ1v) is 7.07. The minimum Gasteiger partial charge on any atom is -0.424 e. The van der Waals surface area contributed by atoms with E-state index in [0.717, 1.165) is 44.0 Å². The maximum atomic E-state index is 11.4. The Morgan fingerprint density at radius 1 is 1.37 bits per heavy atom. The fourth-order valence-electron chi connectivity index (χ4n) is 3.74. The van der Waals surface area contributed by atoms with Crippen LogP contribution in [0, 0.1) is 5.92 Å². The second kappa shape index (κ2) is 3.71. The third-order valence-corrected chi connectivity index (χ3v) is 4.98. The monoisotopic (exact) mass is 262 g/mol. The highest BCUT2D eigenvalue weighted by Gasteiger charge is 2.55. The van der Waals surface area contributed by atoms with Crippen molar-refractivity contribution in [3.8, 4) is 0 Å². The first kappa shape index (κ1) is 11.3. The van der Waals surface area contributed by atoms with Crippen LogP contribution in [0.5, 0.6) is 0 Å². The number of carbonyl (C=O) groups is 1. The molecule has 1 aliphatic heterocycles. The summed E-state index contributed by atoms with van der Waals surface area (Å²) in [6.07, 6.45) is 5.62. The summed E-state index contributed by atoms with van der Waals surface area (Å²) in [5.41, 5.74) is 5.29. The number of hydrogen-bond donors (Lipinski definition) is 1. The molecule has 6 heteroatoms. The lowest BCUT2D eigenvalue weighted by Crippen LogP contribution is -2.37. The molecule has 2 saturated carbocycles. The predicted molar refractivity (Wildman–Crippen MR) is 66.4 cm³/mol. The number of nitrogens with zero attached hydrogens (tertiary/aromatic N) is 3. The third-order valence-electron chi connectivity index (χ3n) is 4.98. The Labute approximate surface area is 111 Å². The molecule has 3 aliphatic rings. The Balaban J connectivity index is 1.67. The zero-order valence-electron chi connectivity index (χ0n) is 10.8. The Morgan fingerprint density at radius 3 is 2.95 bits per heavy atom. The Morgan fingerprint density at radius 2 is 2.21 bits per heavy atom. The zero-order valence-corrected chi connectivity index (χ0v) is 10.8. The molecule has 0 bridgehead atoms. The van der Waals surface area contributed by atoms with E-state index >= 15 is 0 Å². The SMILES string of the molecule is NC(=O)N1C[C@@H]2CCC[C@]2(c2nnc(C3CC3)o2)C1. The largest absolute Gasteiger partial charge is 0.424 e. The molecule has 2 atom stereocenters. The highest BCUT2D eigenvalue weighted by molar-refractivity contribution is 5.72. The van der Waals surface area contributed by atoms with Gasteiger partial charge in [-0.05, 0) is 31.6 Å². The maximum Gasteiger partial charge on any atom is 0.314 e. The van der Waals surface area contributed by atoms with Crippen molar-refractivity contribution in [1.29, 1.82) is 0 Å². The highest BCUT2D eigenvalue weighted by atomic mass is 16.4. The molecule has 0 spiro atoms. The van der Waals surface area contributed by atoms with Crippen molar-refractivity contribution in [2.75, 3.05) is 13.1 Å². The Kier molecular flexibility index (Phi) is 2.20. The molecule has 4 rings (SSSR count). The third kappa shape index (κ3) is 1.58. The van der Waals surface area contributed by atoms with Gasteiger partial charge in [0.2, 0.25) is 11.8 Å². The van der Waals surface area contributed by atoms with Crippen molar-refractivity contribution in [1.82, 2.24) is 15.1 Å². The van der Waals surface area contributed by atoms with Crippen LogP contribution in [0.1, 0.15) is 49.8 Å². The van der Waals surface area contributed by atoms with Gasteiger partial charge in [-0.15, -0.1) is 10.2 Å². The van der Waals surface area contributed by atoms with Crippen LogP contribution < -0.4 is 5.73 Å². The Hall–Kier alpha value is -1.59. The van der Waals surface area contributed by atoms with Crippen LogP contribution in [-0.2, 0) is 5.41 Å². The summed E-state index contributed by atoms with van der Waals surface area (Å²) in [4.78, 5) is 13.1. The fraction of sp³-hybridized carbons (Fsp3) is 0.769. The zero-order chi connectivity index (χ0) is 13.0. The lowest BCUT2D eigenvalue weighted by Gasteiger charge is -2.23. The minimum absolute atomic E-state index is 0.130. The van der Waals surface area contributed by atoms with E-state index in [-0.39, 0.29) is 11.4 Å². The number of urea groups is 1. The maximum absolute atomic E-state index is 11.4. The average Bonchev–Trinajstić information content (AvgIpc) is 2.85. The molecule has 2 heterocycles. The second-order valence-corrected chi connectivity index (χ2v) is 6.18. The number of rotatable bonds is 2.